The maximum absolute atomic E-state index is 12.4. The van der Waals surface area contributed by atoms with E-state index in [-0.39, 0.29) is 11.7 Å². The molecule has 2 N–H and O–H groups in total. The molecule has 2 heterocycles. The first kappa shape index (κ1) is 23.2. The standard InChI is InChI=1S/C22H22ClN7OS2/c1-2-20-27-28-21(33-20)25-19(31)14-32-22-29-26-18(12-24-17-10-8-16(23)9-11-17)30(22)13-15-6-4-3-5-7-15/h3-11,24H,2,12-14H2,1H3,(H,25,28,31). The minimum absolute atomic E-state index is 0.158. The van der Waals surface area contributed by atoms with Gasteiger partial charge in [0.25, 0.3) is 0 Å². The van der Waals surface area contributed by atoms with Crippen LogP contribution in [0.5, 0.6) is 0 Å². The summed E-state index contributed by atoms with van der Waals surface area (Å²) in [6, 6.07) is 17.6. The summed E-state index contributed by atoms with van der Waals surface area (Å²) in [6.45, 7) is 3.09. The molecule has 0 fully saturated rings. The second-order valence-corrected chi connectivity index (χ2v) is 9.46. The van der Waals surface area contributed by atoms with E-state index in [9.17, 15) is 4.79 Å². The number of aromatic nitrogens is 5. The molecule has 11 heteroatoms. The van der Waals surface area contributed by atoms with E-state index in [1.807, 2.05) is 54.0 Å². The van der Waals surface area contributed by atoms with Crippen LogP contribution in [0.15, 0.2) is 59.8 Å². The van der Waals surface area contributed by atoms with E-state index in [0.717, 1.165) is 28.5 Å². The van der Waals surface area contributed by atoms with Crippen molar-refractivity contribution in [1.29, 1.82) is 0 Å². The van der Waals surface area contributed by atoms with Crippen molar-refractivity contribution in [1.82, 2.24) is 25.0 Å². The first-order valence-electron chi connectivity index (χ1n) is 10.3. The zero-order valence-corrected chi connectivity index (χ0v) is 20.3. The van der Waals surface area contributed by atoms with E-state index in [4.69, 9.17) is 11.6 Å². The molecule has 0 aliphatic carbocycles. The molecule has 0 saturated carbocycles. The number of carbonyl (C=O) groups excluding carboxylic acids is 1. The largest absolute Gasteiger partial charge is 0.378 e. The average Bonchev–Trinajstić information content (AvgIpc) is 3.44. The molecule has 33 heavy (non-hydrogen) atoms. The number of anilines is 2. The van der Waals surface area contributed by atoms with Crippen molar-refractivity contribution in [2.45, 2.75) is 31.6 Å². The highest BCUT2D eigenvalue weighted by Crippen LogP contribution is 2.21. The van der Waals surface area contributed by atoms with Crippen LogP contribution in [-0.2, 0) is 24.3 Å². The van der Waals surface area contributed by atoms with Crippen molar-refractivity contribution in [3.63, 3.8) is 0 Å². The lowest BCUT2D eigenvalue weighted by atomic mass is 10.2. The third-order valence-corrected chi connectivity index (χ3v) is 6.82. The summed E-state index contributed by atoms with van der Waals surface area (Å²) in [6.07, 6.45) is 0.789. The number of aryl methyl sites for hydroxylation is 1. The summed E-state index contributed by atoms with van der Waals surface area (Å²) in [5, 5.41) is 25.6. The number of benzene rings is 2. The van der Waals surface area contributed by atoms with Gasteiger partial charge in [0, 0.05) is 10.7 Å². The minimum atomic E-state index is -0.158. The average molecular weight is 500 g/mol. The van der Waals surface area contributed by atoms with Crippen molar-refractivity contribution >= 4 is 51.4 Å². The lowest BCUT2D eigenvalue weighted by molar-refractivity contribution is -0.113. The first-order valence-corrected chi connectivity index (χ1v) is 12.5. The highest BCUT2D eigenvalue weighted by molar-refractivity contribution is 7.99. The molecular weight excluding hydrogens is 478 g/mol. The van der Waals surface area contributed by atoms with E-state index >= 15 is 0 Å². The van der Waals surface area contributed by atoms with Crippen molar-refractivity contribution in [3.05, 3.63) is 76.0 Å². The van der Waals surface area contributed by atoms with E-state index in [1.54, 1.807) is 0 Å². The number of nitrogens with one attached hydrogen (secondary N) is 2. The molecule has 170 valence electrons. The Labute approximate surface area is 204 Å². The molecule has 0 atom stereocenters. The lowest BCUT2D eigenvalue weighted by Crippen LogP contribution is -2.15. The van der Waals surface area contributed by atoms with Crippen LogP contribution in [0.1, 0.15) is 23.3 Å². The van der Waals surface area contributed by atoms with Crippen LogP contribution in [0, 0.1) is 0 Å². The number of hydrogen-bond donors (Lipinski definition) is 2. The van der Waals surface area contributed by atoms with Crippen molar-refractivity contribution in [3.8, 4) is 0 Å². The molecule has 8 nitrogen and oxygen atoms in total. The number of nitrogens with zero attached hydrogens (tertiary/aromatic N) is 5. The Morgan fingerprint density at radius 2 is 1.85 bits per heavy atom. The van der Waals surface area contributed by atoms with Crippen molar-refractivity contribution in [2.75, 3.05) is 16.4 Å². The van der Waals surface area contributed by atoms with Crippen molar-refractivity contribution < 1.29 is 4.79 Å². The predicted octanol–water partition coefficient (Wildman–Crippen LogP) is 4.74. The van der Waals surface area contributed by atoms with Gasteiger partial charge in [-0.1, -0.05) is 72.0 Å². The van der Waals surface area contributed by atoms with Crippen LogP contribution in [0.3, 0.4) is 0 Å². The van der Waals surface area contributed by atoms with Crippen LogP contribution in [0.4, 0.5) is 10.8 Å². The van der Waals surface area contributed by atoms with Crippen LogP contribution < -0.4 is 10.6 Å². The topological polar surface area (TPSA) is 97.6 Å². The number of carbonyl (C=O) groups is 1. The van der Waals surface area contributed by atoms with Gasteiger partial charge in [-0.05, 0) is 36.2 Å². The van der Waals surface area contributed by atoms with E-state index in [2.05, 4.69) is 43.2 Å². The van der Waals surface area contributed by atoms with E-state index < -0.39 is 0 Å². The van der Waals surface area contributed by atoms with Gasteiger partial charge in [-0.15, -0.1) is 20.4 Å². The second kappa shape index (κ2) is 11.3. The maximum Gasteiger partial charge on any atom is 0.236 e. The fourth-order valence-corrected chi connectivity index (χ4v) is 4.54. The molecule has 0 aliphatic rings. The molecule has 0 aliphatic heterocycles. The van der Waals surface area contributed by atoms with Gasteiger partial charge in [0.05, 0.1) is 18.8 Å². The van der Waals surface area contributed by atoms with Gasteiger partial charge in [-0.3, -0.25) is 10.1 Å². The van der Waals surface area contributed by atoms with Crippen LogP contribution in [0.2, 0.25) is 5.02 Å². The number of thioether (sulfide) groups is 1. The fraction of sp³-hybridized carbons (Fsp3) is 0.227. The summed E-state index contributed by atoms with van der Waals surface area (Å²) >= 11 is 8.69. The van der Waals surface area contributed by atoms with Gasteiger partial charge in [-0.2, -0.15) is 0 Å². The van der Waals surface area contributed by atoms with Crippen LogP contribution in [-0.4, -0.2) is 36.6 Å². The number of amides is 1. The molecule has 2 aromatic heterocycles. The highest BCUT2D eigenvalue weighted by Gasteiger charge is 2.16. The normalized spacial score (nSPS) is 10.8. The van der Waals surface area contributed by atoms with E-state index in [0.29, 0.717) is 28.4 Å². The molecule has 0 bridgehead atoms. The molecule has 4 aromatic rings. The Kier molecular flexibility index (Phi) is 7.92. The number of rotatable bonds is 10. The molecule has 1 amide bonds. The Balaban J connectivity index is 1.45. The summed E-state index contributed by atoms with van der Waals surface area (Å²) in [5.74, 6) is 0.806. The monoisotopic (exact) mass is 499 g/mol. The smallest absolute Gasteiger partial charge is 0.236 e. The third kappa shape index (κ3) is 6.53. The molecule has 0 spiro atoms. The maximum atomic E-state index is 12.4. The predicted molar refractivity (Wildman–Crippen MR) is 133 cm³/mol. The quantitative estimate of drug-likeness (QED) is 0.304. The molecular formula is C22H22ClN7OS2. The fourth-order valence-electron chi connectivity index (χ4n) is 2.96. The van der Waals surface area contributed by atoms with Gasteiger partial charge in [0.1, 0.15) is 5.01 Å². The lowest BCUT2D eigenvalue weighted by Gasteiger charge is -2.11. The zero-order chi connectivity index (χ0) is 23.0. The number of halogens is 1. The summed E-state index contributed by atoms with van der Waals surface area (Å²) in [5.41, 5.74) is 2.06. The van der Waals surface area contributed by atoms with Gasteiger partial charge < -0.3 is 9.88 Å². The third-order valence-electron chi connectivity index (χ3n) is 4.62. The zero-order valence-electron chi connectivity index (χ0n) is 17.9. The second-order valence-electron chi connectivity index (χ2n) is 7.02. The summed E-state index contributed by atoms with van der Waals surface area (Å²) in [4.78, 5) is 12.4. The van der Waals surface area contributed by atoms with E-state index in [1.165, 1.54) is 23.1 Å². The van der Waals surface area contributed by atoms with Gasteiger partial charge in [-0.25, -0.2) is 0 Å². The Hall–Kier alpha value is -2.95. The van der Waals surface area contributed by atoms with Crippen LogP contribution >= 0.6 is 34.7 Å². The Morgan fingerprint density at radius 1 is 1.06 bits per heavy atom. The summed E-state index contributed by atoms with van der Waals surface area (Å²) < 4.78 is 2.02. The van der Waals surface area contributed by atoms with Crippen LogP contribution in [0.25, 0.3) is 0 Å². The Morgan fingerprint density at radius 3 is 2.58 bits per heavy atom. The highest BCUT2D eigenvalue weighted by atomic mass is 35.5. The first-order chi connectivity index (χ1) is 16.1. The van der Waals surface area contributed by atoms with Gasteiger partial charge in [0.2, 0.25) is 11.0 Å². The molecule has 0 radical (unpaired) electrons. The molecule has 4 rings (SSSR count). The molecule has 0 unspecified atom stereocenters. The SMILES string of the molecule is CCc1nnc(NC(=O)CSc2nnc(CNc3ccc(Cl)cc3)n2Cc2ccccc2)s1. The van der Waals surface area contributed by atoms with Gasteiger partial charge >= 0.3 is 0 Å². The molecule has 2 aromatic carbocycles. The molecule has 0 saturated heterocycles. The van der Waals surface area contributed by atoms with Gasteiger partial charge in [0.15, 0.2) is 11.0 Å². The Bertz CT molecular complexity index is 1200. The minimum Gasteiger partial charge on any atom is -0.378 e. The summed E-state index contributed by atoms with van der Waals surface area (Å²) in [7, 11) is 0. The number of hydrogen-bond acceptors (Lipinski definition) is 8. The van der Waals surface area contributed by atoms with Crippen molar-refractivity contribution in [2.24, 2.45) is 0 Å².